The van der Waals surface area contributed by atoms with Crippen LogP contribution >= 0.6 is 0 Å². The number of hydrogen-bond acceptors (Lipinski definition) is 5. The normalized spacial score (nSPS) is 19.2. The van der Waals surface area contributed by atoms with E-state index in [9.17, 15) is 19.2 Å². The number of hydrogen-bond donors (Lipinski definition) is 3. The van der Waals surface area contributed by atoms with Crippen molar-refractivity contribution < 1.29 is 19.2 Å². The summed E-state index contributed by atoms with van der Waals surface area (Å²) in [5.41, 5.74) is 10.5. The second kappa shape index (κ2) is 7.85. The minimum Gasteiger partial charge on any atom is -0.400 e. The van der Waals surface area contributed by atoms with E-state index < -0.39 is 11.6 Å². The summed E-state index contributed by atoms with van der Waals surface area (Å²) in [7, 11) is 5.33. The number of rotatable bonds is 5. The molecular formula is C22H24B2N4O4. The van der Waals surface area contributed by atoms with E-state index in [-0.39, 0.29) is 30.4 Å². The number of carbonyl (C=O) groups is 4. The SMILES string of the molecule is Bc1cc(C(=O)CCC(=O)Nc2ccc3c(c2)CC2(C3)C(=O)NC(=O)N2C)cc(B)c1N. The second-order valence-corrected chi connectivity index (χ2v) is 8.68. The first-order valence-corrected chi connectivity index (χ1v) is 10.5. The Bertz CT molecular complexity index is 1160. The summed E-state index contributed by atoms with van der Waals surface area (Å²) < 4.78 is 0. The number of anilines is 2. The molecule has 2 aliphatic rings. The first-order chi connectivity index (χ1) is 15.1. The molecule has 0 radical (unpaired) electrons. The van der Waals surface area contributed by atoms with E-state index in [0.29, 0.717) is 29.8 Å². The molecule has 1 unspecified atom stereocenters. The van der Waals surface area contributed by atoms with E-state index in [1.165, 1.54) is 4.90 Å². The van der Waals surface area contributed by atoms with Gasteiger partial charge in [-0.3, -0.25) is 19.7 Å². The lowest BCUT2D eigenvalue weighted by Crippen LogP contribution is -2.48. The highest BCUT2D eigenvalue weighted by molar-refractivity contribution is 6.44. The van der Waals surface area contributed by atoms with Crippen LogP contribution < -0.4 is 27.3 Å². The number of nitrogens with zero attached hydrogens (tertiary/aromatic N) is 1. The van der Waals surface area contributed by atoms with Crippen LogP contribution in [-0.2, 0) is 22.4 Å². The minimum atomic E-state index is -0.899. The van der Waals surface area contributed by atoms with Gasteiger partial charge in [0, 0.05) is 49.7 Å². The highest BCUT2D eigenvalue weighted by atomic mass is 16.2. The van der Waals surface area contributed by atoms with E-state index in [1.807, 2.05) is 27.8 Å². The van der Waals surface area contributed by atoms with Crippen molar-refractivity contribution in [1.29, 1.82) is 0 Å². The maximum absolute atomic E-state index is 12.5. The van der Waals surface area contributed by atoms with Crippen molar-refractivity contribution in [3.05, 3.63) is 47.0 Å². The number of imide groups is 1. The van der Waals surface area contributed by atoms with Crippen molar-refractivity contribution in [3.63, 3.8) is 0 Å². The number of urea groups is 1. The van der Waals surface area contributed by atoms with Gasteiger partial charge in [-0.15, -0.1) is 0 Å². The third-order valence-electron chi connectivity index (χ3n) is 6.54. The molecule has 1 fully saturated rings. The fourth-order valence-electron chi connectivity index (χ4n) is 4.51. The number of likely N-dealkylation sites (N-methyl/N-ethyl adjacent to an activating group) is 1. The third-order valence-corrected chi connectivity index (χ3v) is 6.54. The average Bonchev–Trinajstić information content (AvgIpc) is 3.23. The van der Waals surface area contributed by atoms with Gasteiger partial charge in [0.25, 0.3) is 5.91 Å². The van der Waals surface area contributed by atoms with Crippen LogP contribution in [0.1, 0.15) is 34.3 Å². The zero-order valence-corrected chi connectivity index (χ0v) is 18.4. The molecule has 0 saturated carbocycles. The molecule has 32 heavy (non-hydrogen) atoms. The Hall–Kier alpha value is -3.55. The Labute approximate surface area is 187 Å². The summed E-state index contributed by atoms with van der Waals surface area (Å²) >= 11 is 0. The van der Waals surface area contributed by atoms with Gasteiger partial charge in [-0.2, -0.15) is 0 Å². The molecule has 0 bridgehead atoms. The number of carbonyl (C=O) groups excluding carboxylic acids is 4. The zero-order valence-electron chi connectivity index (χ0n) is 18.4. The maximum atomic E-state index is 12.5. The zero-order chi connectivity index (χ0) is 23.2. The van der Waals surface area contributed by atoms with E-state index in [1.54, 1.807) is 25.2 Å². The number of fused-ring (bicyclic) bond motifs is 1. The molecule has 1 aliphatic carbocycles. The molecule has 2 aromatic rings. The van der Waals surface area contributed by atoms with Crippen LogP contribution in [0.15, 0.2) is 30.3 Å². The number of nitrogens with one attached hydrogen (secondary N) is 2. The van der Waals surface area contributed by atoms with Crippen LogP contribution in [0.3, 0.4) is 0 Å². The number of nitrogen functional groups attached to an aromatic ring is 1. The van der Waals surface area contributed by atoms with Crippen molar-refractivity contribution in [2.75, 3.05) is 18.1 Å². The highest BCUT2D eigenvalue weighted by Gasteiger charge is 2.54. The molecule has 1 aliphatic heterocycles. The number of nitrogens with two attached hydrogens (primary N) is 1. The van der Waals surface area contributed by atoms with Crippen molar-refractivity contribution in [2.45, 2.75) is 31.2 Å². The van der Waals surface area contributed by atoms with Crippen LogP contribution in [0.4, 0.5) is 16.2 Å². The lowest BCUT2D eigenvalue weighted by Gasteiger charge is -2.27. The van der Waals surface area contributed by atoms with Gasteiger partial charge in [0.05, 0.1) is 0 Å². The summed E-state index contributed by atoms with van der Waals surface area (Å²) in [5.74, 6) is -0.665. The van der Waals surface area contributed by atoms with Crippen molar-refractivity contribution in [3.8, 4) is 0 Å². The molecule has 4 rings (SSSR count). The lowest BCUT2D eigenvalue weighted by atomic mass is 9.82. The lowest BCUT2D eigenvalue weighted by molar-refractivity contribution is -0.125. The smallest absolute Gasteiger partial charge is 0.324 e. The first kappa shape index (κ1) is 21.7. The number of benzene rings is 2. The number of ketones is 1. The molecule has 0 aromatic heterocycles. The first-order valence-electron chi connectivity index (χ1n) is 10.5. The Morgan fingerprint density at radius 2 is 1.75 bits per heavy atom. The number of amides is 4. The summed E-state index contributed by atoms with van der Waals surface area (Å²) in [6, 6.07) is 8.58. The van der Waals surface area contributed by atoms with Crippen molar-refractivity contribution in [2.24, 2.45) is 0 Å². The molecule has 1 spiro atoms. The molecule has 8 nitrogen and oxygen atoms in total. The van der Waals surface area contributed by atoms with Crippen molar-refractivity contribution in [1.82, 2.24) is 10.2 Å². The highest BCUT2D eigenvalue weighted by Crippen LogP contribution is 2.38. The Morgan fingerprint density at radius 1 is 1.09 bits per heavy atom. The van der Waals surface area contributed by atoms with Gasteiger partial charge in [-0.1, -0.05) is 29.1 Å². The number of Topliss-reactive ketones (excluding diaryl/α,β-unsaturated/α-hetero) is 1. The van der Waals surface area contributed by atoms with Crippen LogP contribution in [0, 0.1) is 0 Å². The minimum absolute atomic E-state index is 0.0575. The Morgan fingerprint density at radius 3 is 2.38 bits per heavy atom. The van der Waals surface area contributed by atoms with Gasteiger partial charge in [-0.25, -0.2) is 4.79 Å². The third kappa shape index (κ3) is 3.66. The fraction of sp³-hybridized carbons (Fsp3) is 0.273. The second-order valence-electron chi connectivity index (χ2n) is 8.68. The Kier molecular flexibility index (Phi) is 5.32. The molecule has 4 N–H and O–H groups in total. The van der Waals surface area contributed by atoms with Crippen LogP contribution in [0.25, 0.3) is 0 Å². The predicted molar refractivity (Wildman–Crippen MR) is 127 cm³/mol. The molecule has 162 valence electrons. The summed E-state index contributed by atoms with van der Waals surface area (Å²) in [4.78, 5) is 50.7. The van der Waals surface area contributed by atoms with Gasteiger partial charge in [0.2, 0.25) is 5.91 Å². The summed E-state index contributed by atoms with van der Waals surface area (Å²) in [5, 5.41) is 5.20. The molecule has 1 heterocycles. The quantitative estimate of drug-likeness (QED) is 0.229. The molecule has 4 amide bonds. The van der Waals surface area contributed by atoms with Gasteiger partial charge in [0.15, 0.2) is 5.78 Å². The van der Waals surface area contributed by atoms with Crippen molar-refractivity contribution >= 4 is 61.6 Å². The summed E-state index contributed by atoms with van der Waals surface area (Å²) in [6.45, 7) is 0. The monoisotopic (exact) mass is 430 g/mol. The van der Waals surface area contributed by atoms with E-state index >= 15 is 0 Å². The van der Waals surface area contributed by atoms with Gasteiger partial charge in [-0.05, 0) is 23.3 Å². The van der Waals surface area contributed by atoms with E-state index in [2.05, 4.69) is 10.6 Å². The molecular weight excluding hydrogens is 406 g/mol. The standard InChI is InChI=1S/C22H24B2N4O4/c1-28-21(32)27-20(31)22(28)9-11-2-3-14(6-13(11)10-22)26-18(30)5-4-17(29)12-7-15(23)19(25)16(24)8-12/h2-3,6-8H,4-5,9-10,23-25H2,1H3,(H,26,30)(H,27,31,32). The van der Waals surface area contributed by atoms with Crippen LogP contribution in [0.5, 0.6) is 0 Å². The van der Waals surface area contributed by atoms with E-state index in [4.69, 9.17) is 5.73 Å². The summed E-state index contributed by atoms with van der Waals surface area (Å²) in [6.07, 6.45) is 0.992. The fourth-order valence-corrected chi connectivity index (χ4v) is 4.51. The van der Waals surface area contributed by atoms with Crippen LogP contribution in [-0.4, -0.2) is 56.8 Å². The molecule has 10 heteroatoms. The molecule has 2 aromatic carbocycles. The van der Waals surface area contributed by atoms with Crippen LogP contribution in [0.2, 0.25) is 0 Å². The Balaban J connectivity index is 1.39. The predicted octanol–water partition coefficient (Wildman–Crippen LogP) is -1.59. The molecule has 1 atom stereocenters. The average molecular weight is 430 g/mol. The van der Waals surface area contributed by atoms with Gasteiger partial charge < -0.3 is 16.0 Å². The molecule has 1 saturated heterocycles. The van der Waals surface area contributed by atoms with Gasteiger partial charge >= 0.3 is 6.03 Å². The van der Waals surface area contributed by atoms with Gasteiger partial charge in [0.1, 0.15) is 21.2 Å². The maximum Gasteiger partial charge on any atom is 0.324 e. The largest absolute Gasteiger partial charge is 0.400 e. The van der Waals surface area contributed by atoms with E-state index in [0.717, 1.165) is 22.1 Å². The topological polar surface area (TPSA) is 122 Å².